The van der Waals surface area contributed by atoms with Gasteiger partial charge in [0, 0.05) is 5.56 Å². The van der Waals surface area contributed by atoms with Crippen molar-refractivity contribution in [2.24, 2.45) is 0 Å². The van der Waals surface area contributed by atoms with E-state index in [0.717, 1.165) is 0 Å². The molecule has 1 aliphatic heterocycles. The lowest BCUT2D eigenvalue weighted by Gasteiger charge is -2.34. The quantitative estimate of drug-likeness (QED) is 0.468. The van der Waals surface area contributed by atoms with Crippen molar-refractivity contribution in [2.75, 3.05) is 20.8 Å². The van der Waals surface area contributed by atoms with Gasteiger partial charge in [-0.05, 0) is 30.3 Å². The van der Waals surface area contributed by atoms with E-state index in [9.17, 15) is 15.0 Å². The molecule has 0 saturated carbocycles. The van der Waals surface area contributed by atoms with Gasteiger partial charge in [-0.1, -0.05) is 18.2 Å². The number of benzene rings is 3. The van der Waals surface area contributed by atoms with Crippen molar-refractivity contribution in [3.63, 3.8) is 0 Å². The molecule has 5 rings (SSSR count). The number of phenolic OH excluding ortho intramolecular Hbond substituents is 1. The van der Waals surface area contributed by atoms with Crippen LogP contribution in [0.4, 0.5) is 0 Å². The molecule has 1 aliphatic rings. The second-order valence-electron chi connectivity index (χ2n) is 7.35. The summed E-state index contributed by atoms with van der Waals surface area (Å²) in [6.45, 7) is -0.347. The predicted molar refractivity (Wildman–Crippen MR) is 116 cm³/mol. The van der Waals surface area contributed by atoms with E-state index in [1.807, 2.05) is 0 Å². The first kappa shape index (κ1) is 20.0. The highest BCUT2D eigenvalue weighted by Gasteiger charge is 2.36. The number of fused-ring (bicyclic) bond motifs is 3. The molecule has 0 bridgehead atoms. The Kier molecular flexibility index (Phi) is 4.79. The first-order chi connectivity index (χ1) is 15.5. The van der Waals surface area contributed by atoms with Crippen molar-refractivity contribution in [1.29, 1.82) is 0 Å². The molecule has 0 unspecified atom stereocenters. The van der Waals surface area contributed by atoms with Gasteiger partial charge in [0.2, 0.25) is 16.9 Å². The zero-order valence-electron chi connectivity index (χ0n) is 17.3. The van der Waals surface area contributed by atoms with Gasteiger partial charge in [-0.25, -0.2) is 0 Å². The number of rotatable bonds is 4. The van der Waals surface area contributed by atoms with Crippen molar-refractivity contribution in [3.8, 4) is 28.7 Å². The van der Waals surface area contributed by atoms with Crippen LogP contribution >= 0.6 is 0 Å². The lowest BCUT2D eigenvalue weighted by atomic mass is 10.0. The third kappa shape index (κ3) is 2.99. The van der Waals surface area contributed by atoms with E-state index in [4.69, 9.17) is 23.4 Å². The molecule has 1 aromatic heterocycles. The number of aliphatic hydroxyl groups is 1. The molecular weight excluding hydrogens is 416 g/mol. The topological polar surface area (TPSA) is 108 Å². The predicted octanol–water partition coefficient (Wildman–Crippen LogP) is 3.54. The minimum absolute atomic E-state index is 0.0221. The van der Waals surface area contributed by atoms with Crippen LogP contribution in [0.25, 0.3) is 21.9 Å². The highest BCUT2D eigenvalue weighted by Crippen LogP contribution is 2.49. The maximum atomic E-state index is 13.1. The number of para-hydroxylation sites is 1. The molecule has 0 aliphatic carbocycles. The molecule has 2 atom stereocenters. The van der Waals surface area contributed by atoms with Gasteiger partial charge in [0.15, 0.2) is 35.0 Å². The largest absolute Gasteiger partial charge is 0.504 e. The van der Waals surface area contributed by atoms with Crippen LogP contribution in [0.2, 0.25) is 0 Å². The van der Waals surface area contributed by atoms with Crippen LogP contribution in [-0.2, 0) is 0 Å². The molecular formula is C24H20O8. The molecule has 4 aromatic rings. The number of ether oxygens (including phenoxy) is 4. The van der Waals surface area contributed by atoms with Gasteiger partial charge in [-0.2, -0.15) is 0 Å². The van der Waals surface area contributed by atoms with Gasteiger partial charge in [0.05, 0.1) is 31.6 Å². The summed E-state index contributed by atoms with van der Waals surface area (Å²) in [6.07, 6.45) is -1.51. The lowest BCUT2D eigenvalue weighted by molar-refractivity contribution is -0.0138. The van der Waals surface area contributed by atoms with E-state index >= 15 is 0 Å². The maximum Gasteiger partial charge on any atom is 0.208 e. The minimum atomic E-state index is -0.772. The summed E-state index contributed by atoms with van der Waals surface area (Å²) in [7, 11) is 2.89. The second kappa shape index (κ2) is 7.65. The first-order valence-electron chi connectivity index (χ1n) is 9.93. The Balaban J connectivity index is 1.71. The fourth-order valence-electron chi connectivity index (χ4n) is 3.97. The van der Waals surface area contributed by atoms with Gasteiger partial charge >= 0.3 is 0 Å². The van der Waals surface area contributed by atoms with Crippen LogP contribution in [0.1, 0.15) is 11.7 Å². The summed E-state index contributed by atoms with van der Waals surface area (Å²) in [6, 6.07) is 13.2. The van der Waals surface area contributed by atoms with Crippen molar-refractivity contribution < 1.29 is 33.6 Å². The van der Waals surface area contributed by atoms with Crippen LogP contribution in [0.5, 0.6) is 28.7 Å². The Morgan fingerprint density at radius 2 is 1.81 bits per heavy atom. The fraction of sp³-hybridized carbons (Fsp3) is 0.208. The van der Waals surface area contributed by atoms with Crippen LogP contribution in [0.3, 0.4) is 0 Å². The van der Waals surface area contributed by atoms with E-state index in [-0.39, 0.29) is 51.8 Å². The Hall–Kier alpha value is -3.91. The summed E-state index contributed by atoms with van der Waals surface area (Å²) in [5.74, 6) is 0.966. The Bertz CT molecular complexity index is 1390. The molecule has 2 heterocycles. The zero-order valence-corrected chi connectivity index (χ0v) is 17.3. The van der Waals surface area contributed by atoms with Crippen molar-refractivity contribution in [3.05, 3.63) is 64.3 Å². The average Bonchev–Trinajstić information content (AvgIpc) is 2.82. The first-order valence-corrected chi connectivity index (χ1v) is 9.93. The molecule has 164 valence electrons. The van der Waals surface area contributed by atoms with Crippen molar-refractivity contribution >= 4 is 21.9 Å². The molecule has 8 nitrogen and oxygen atoms in total. The number of hydrogen-bond acceptors (Lipinski definition) is 8. The molecule has 0 amide bonds. The molecule has 0 radical (unpaired) electrons. The van der Waals surface area contributed by atoms with Crippen LogP contribution in [0.15, 0.2) is 57.7 Å². The highest BCUT2D eigenvalue weighted by atomic mass is 16.6. The van der Waals surface area contributed by atoms with Crippen molar-refractivity contribution in [2.45, 2.75) is 12.2 Å². The van der Waals surface area contributed by atoms with E-state index < -0.39 is 12.2 Å². The van der Waals surface area contributed by atoms with Crippen LogP contribution in [0, 0.1) is 0 Å². The standard InChI is InChI=1S/C24H20O8/c1-28-17-9-12(7-8-15(17)26)21-19(11-25)30-18-10-14-20(27)13-5-3-4-6-16(13)31-22(14)24(29-2)23(18)32-21/h3-10,19,21,25-26H,11H2,1-2H3/t19-,21-/m1/s1. The maximum absolute atomic E-state index is 13.1. The van der Waals surface area contributed by atoms with Gasteiger partial charge in [0.1, 0.15) is 5.58 Å². The normalized spacial score (nSPS) is 17.5. The summed E-state index contributed by atoms with van der Waals surface area (Å²) >= 11 is 0. The molecule has 3 aromatic carbocycles. The molecule has 2 N–H and O–H groups in total. The summed E-state index contributed by atoms with van der Waals surface area (Å²) < 4.78 is 29.0. The number of aromatic hydroxyl groups is 1. The summed E-state index contributed by atoms with van der Waals surface area (Å²) in [5.41, 5.74) is 1.06. The Morgan fingerprint density at radius 3 is 2.56 bits per heavy atom. The highest BCUT2D eigenvalue weighted by molar-refractivity contribution is 5.95. The molecule has 0 fully saturated rings. The fourth-order valence-corrected chi connectivity index (χ4v) is 3.97. The van der Waals surface area contributed by atoms with Gasteiger partial charge in [-0.3, -0.25) is 4.79 Å². The van der Waals surface area contributed by atoms with Gasteiger partial charge < -0.3 is 33.6 Å². The molecule has 8 heteroatoms. The number of phenols is 1. The van der Waals surface area contributed by atoms with Gasteiger partial charge in [-0.15, -0.1) is 0 Å². The number of aliphatic hydroxyl groups excluding tert-OH is 1. The molecule has 32 heavy (non-hydrogen) atoms. The van der Waals surface area contributed by atoms with E-state index in [2.05, 4.69) is 0 Å². The summed E-state index contributed by atoms with van der Waals surface area (Å²) in [4.78, 5) is 13.1. The van der Waals surface area contributed by atoms with Crippen LogP contribution in [-0.4, -0.2) is 37.1 Å². The third-order valence-electron chi connectivity index (χ3n) is 5.52. The van der Waals surface area contributed by atoms with E-state index in [1.54, 1.807) is 42.5 Å². The van der Waals surface area contributed by atoms with Crippen molar-refractivity contribution in [1.82, 2.24) is 0 Å². The second-order valence-corrected chi connectivity index (χ2v) is 7.35. The average molecular weight is 436 g/mol. The third-order valence-corrected chi connectivity index (χ3v) is 5.52. The molecule has 0 spiro atoms. The zero-order chi connectivity index (χ0) is 22.4. The lowest BCUT2D eigenvalue weighted by Crippen LogP contribution is -2.36. The number of hydrogen-bond donors (Lipinski definition) is 2. The smallest absolute Gasteiger partial charge is 0.208 e. The SMILES string of the molecule is COc1cc([C@H]2Oc3c(cc4c(=O)c5ccccc5oc4c3OC)O[C@@H]2CO)ccc1O. The van der Waals surface area contributed by atoms with E-state index in [1.165, 1.54) is 20.3 Å². The minimum Gasteiger partial charge on any atom is -0.504 e. The van der Waals surface area contributed by atoms with E-state index in [0.29, 0.717) is 16.5 Å². The summed E-state index contributed by atoms with van der Waals surface area (Å²) in [5, 5.41) is 20.6. The Labute approximate surface area is 182 Å². The number of methoxy groups -OCH3 is 2. The molecule has 0 saturated heterocycles. The monoisotopic (exact) mass is 436 g/mol. The van der Waals surface area contributed by atoms with Gasteiger partial charge in [0.25, 0.3) is 0 Å². The Morgan fingerprint density at radius 1 is 1.00 bits per heavy atom. The van der Waals surface area contributed by atoms with Crippen LogP contribution < -0.4 is 24.4 Å².